The van der Waals surface area contributed by atoms with Crippen molar-refractivity contribution in [2.45, 2.75) is 63.6 Å². The predicted molar refractivity (Wildman–Crippen MR) is 149 cm³/mol. The third-order valence-corrected chi connectivity index (χ3v) is 8.88. The molecular weight excluding hydrogens is 484 g/mol. The van der Waals surface area contributed by atoms with E-state index < -0.39 is 0 Å². The summed E-state index contributed by atoms with van der Waals surface area (Å²) in [7, 11) is 2.11. The maximum atomic E-state index is 13.9. The molecule has 6 nitrogen and oxygen atoms in total. The molecule has 3 aromatic rings. The summed E-state index contributed by atoms with van der Waals surface area (Å²) in [6, 6.07) is 15.0. The summed E-state index contributed by atoms with van der Waals surface area (Å²) in [5.74, 6) is 1.33. The van der Waals surface area contributed by atoms with Gasteiger partial charge >= 0.3 is 0 Å². The summed E-state index contributed by atoms with van der Waals surface area (Å²) in [6.07, 6.45) is 5.29. The summed E-state index contributed by atoms with van der Waals surface area (Å²) in [6.45, 7) is 4.34. The van der Waals surface area contributed by atoms with E-state index in [2.05, 4.69) is 51.5 Å². The standard InChI is InChI=1S/C30H35ClN4O2/c1-19-30(28(37)18-34-23-9-10-24(34)17-25(36)16-23)26-11-3-20(4-12-29-32-13-14-33(29)2)15-27(26)35(19)22-7-5-21(31)6-8-22/h3,5-8,11,15,23-25,36H,4,9-10,12-14,16-18H2,1-2H3/t23-,24+,25-. The molecule has 194 valence electrons. The molecule has 0 aliphatic carbocycles. The van der Waals surface area contributed by atoms with Crippen LogP contribution >= 0.6 is 11.6 Å². The summed E-state index contributed by atoms with van der Waals surface area (Å²) in [5, 5.41) is 11.9. The summed E-state index contributed by atoms with van der Waals surface area (Å²) in [5.41, 5.74) is 5.07. The number of carbonyl (C=O) groups is 1. The quantitative estimate of drug-likeness (QED) is 0.445. The van der Waals surface area contributed by atoms with Gasteiger partial charge < -0.3 is 14.6 Å². The SMILES string of the molecule is Cc1c(C(=O)CN2[C@@H]3CC[C@H]2C[C@H](O)C3)c2ccc(CCC3=NCCN3C)cc2n1-c1ccc(Cl)cc1. The number of aliphatic hydroxyl groups is 1. The first kappa shape index (κ1) is 24.7. The van der Waals surface area contributed by atoms with E-state index in [1.54, 1.807) is 0 Å². The van der Waals surface area contributed by atoms with Crippen molar-refractivity contribution in [3.8, 4) is 5.69 Å². The molecule has 0 saturated carbocycles. The minimum absolute atomic E-state index is 0.165. The second kappa shape index (κ2) is 9.90. The van der Waals surface area contributed by atoms with Gasteiger partial charge in [0, 0.05) is 59.5 Å². The number of ketones is 1. The van der Waals surface area contributed by atoms with Gasteiger partial charge in [-0.2, -0.15) is 0 Å². The molecule has 6 rings (SSSR count). The first-order valence-corrected chi connectivity index (χ1v) is 13.9. The molecule has 1 N–H and O–H groups in total. The Balaban J connectivity index is 1.36. The molecule has 3 atom stereocenters. The normalized spacial score (nSPS) is 23.7. The van der Waals surface area contributed by atoms with Gasteiger partial charge in [-0.15, -0.1) is 0 Å². The molecule has 7 heteroatoms. The van der Waals surface area contributed by atoms with E-state index in [0.717, 1.165) is 79.5 Å². The van der Waals surface area contributed by atoms with Gasteiger partial charge in [-0.1, -0.05) is 23.7 Å². The van der Waals surface area contributed by atoms with Crippen LogP contribution in [0.25, 0.3) is 16.6 Å². The lowest BCUT2D eigenvalue weighted by Crippen LogP contribution is -2.46. The fourth-order valence-corrected chi connectivity index (χ4v) is 6.87. The maximum absolute atomic E-state index is 13.9. The van der Waals surface area contributed by atoms with Crippen LogP contribution in [-0.4, -0.2) is 76.0 Å². The summed E-state index contributed by atoms with van der Waals surface area (Å²) in [4.78, 5) is 23.1. The molecule has 2 bridgehead atoms. The van der Waals surface area contributed by atoms with E-state index in [0.29, 0.717) is 23.7 Å². The molecular formula is C30H35ClN4O2. The topological polar surface area (TPSA) is 61.1 Å². The number of carbonyl (C=O) groups excluding carboxylic acids is 1. The van der Waals surface area contributed by atoms with Crippen LogP contribution in [0.1, 0.15) is 53.7 Å². The first-order chi connectivity index (χ1) is 17.9. The molecule has 2 saturated heterocycles. The van der Waals surface area contributed by atoms with Gasteiger partial charge in [-0.3, -0.25) is 14.7 Å². The molecule has 1 aromatic heterocycles. The van der Waals surface area contributed by atoms with Crippen LogP contribution in [-0.2, 0) is 6.42 Å². The highest BCUT2D eigenvalue weighted by molar-refractivity contribution is 6.30. The minimum Gasteiger partial charge on any atom is -0.393 e. The largest absolute Gasteiger partial charge is 0.393 e. The number of amidine groups is 1. The van der Waals surface area contributed by atoms with Crippen LogP contribution in [0, 0.1) is 6.92 Å². The fourth-order valence-electron chi connectivity index (χ4n) is 6.74. The predicted octanol–water partition coefficient (Wildman–Crippen LogP) is 5.04. The molecule has 2 fully saturated rings. The highest BCUT2D eigenvalue weighted by Gasteiger charge is 2.41. The number of fused-ring (bicyclic) bond motifs is 3. The summed E-state index contributed by atoms with van der Waals surface area (Å²) >= 11 is 6.20. The van der Waals surface area contributed by atoms with Crippen molar-refractivity contribution in [1.29, 1.82) is 0 Å². The third-order valence-electron chi connectivity index (χ3n) is 8.63. The van der Waals surface area contributed by atoms with E-state index >= 15 is 0 Å². The van der Waals surface area contributed by atoms with Crippen molar-refractivity contribution in [2.75, 3.05) is 26.7 Å². The lowest BCUT2D eigenvalue weighted by atomic mass is 9.98. The number of benzene rings is 2. The van der Waals surface area contributed by atoms with Crippen molar-refractivity contribution in [1.82, 2.24) is 14.4 Å². The van der Waals surface area contributed by atoms with Gasteiger partial charge in [-0.05, 0) is 74.9 Å². The van der Waals surface area contributed by atoms with E-state index in [4.69, 9.17) is 11.6 Å². The number of Topliss-reactive ketones (excluding diaryl/α,β-unsaturated/α-hetero) is 1. The smallest absolute Gasteiger partial charge is 0.179 e. The molecule has 3 aliphatic heterocycles. The van der Waals surface area contributed by atoms with Gasteiger partial charge in [0.25, 0.3) is 0 Å². The van der Waals surface area contributed by atoms with E-state index in [-0.39, 0.29) is 11.9 Å². The Morgan fingerprint density at radius 2 is 1.81 bits per heavy atom. The maximum Gasteiger partial charge on any atom is 0.179 e. The average molecular weight is 519 g/mol. The van der Waals surface area contributed by atoms with Crippen LogP contribution in [0.4, 0.5) is 0 Å². The lowest BCUT2D eigenvalue weighted by Gasteiger charge is -2.36. The van der Waals surface area contributed by atoms with Crippen LogP contribution in [0.15, 0.2) is 47.5 Å². The number of piperidine rings is 1. The van der Waals surface area contributed by atoms with E-state index in [1.807, 2.05) is 24.3 Å². The monoisotopic (exact) mass is 518 g/mol. The Labute approximate surface area is 223 Å². The van der Waals surface area contributed by atoms with Crippen molar-refractivity contribution in [2.24, 2.45) is 4.99 Å². The van der Waals surface area contributed by atoms with E-state index in [1.165, 1.54) is 11.4 Å². The lowest BCUT2D eigenvalue weighted by molar-refractivity contribution is 0.0344. The number of halogens is 1. The number of aliphatic hydroxyl groups excluding tert-OH is 1. The van der Waals surface area contributed by atoms with Gasteiger partial charge in [0.05, 0.1) is 30.5 Å². The number of aliphatic imine (C=N–C) groups is 1. The van der Waals surface area contributed by atoms with Crippen LogP contribution in [0.2, 0.25) is 5.02 Å². The molecule has 4 heterocycles. The number of aryl methyl sites for hydroxylation is 1. The molecule has 0 unspecified atom stereocenters. The highest BCUT2D eigenvalue weighted by atomic mass is 35.5. The van der Waals surface area contributed by atoms with Crippen molar-refractivity contribution < 1.29 is 9.90 Å². The number of aromatic nitrogens is 1. The number of rotatable bonds is 7. The number of likely N-dealkylation sites (N-methyl/N-ethyl adjacent to an activating group) is 1. The second-order valence-corrected chi connectivity index (χ2v) is 11.4. The molecule has 2 aromatic carbocycles. The van der Waals surface area contributed by atoms with Gasteiger partial charge in [-0.25, -0.2) is 0 Å². The molecule has 0 amide bonds. The second-order valence-electron chi connectivity index (χ2n) is 10.9. The van der Waals surface area contributed by atoms with Crippen molar-refractivity contribution in [3.05, 3.63) is 64.3 Å². The Bertz CT molecular complexity index is 1350. The molecule has 0 spiro atoms. The Kier molecular flexibility index (Phi) is 6.59. The van der Waals surface area contributed by atoms with Gasteiger partial charge in [0.2, 0.25) is 0 Å². The van der Waals surface area contributed by atoms with Crippen LogP contribution < -0.4 is 0 Å². The molecule has 3 aliphatic rings. The zero-order valence-electron chi connectivity index (χ0n) is 21.7. The first-order valence-electron chi connectivity index (χ1n) is 13.5. The van der Waals surface area contributed by atoms with E-state index in [9.17, 15) is 9.90 Å². The van der Waals surface area contributed by atoms with Crippen molar-refractivity contribution in [3.63, 3.8) is 0 Å². The van der Waals surface area contributed by atoms with Crippen LogP contribution in [0.3, 0.4) is 0 Å². The number of nitrogens with zero attached hydrogens (tertiary/aromatic N) is 4. The minimum atomic E-state index is -0.231. The fraction of sp³-hybridized carbons (Fsp3) is 0.467. The van der Waals surface area contributed by atoms with Crippen LogP contribution in [0.5, 0.6) is 0 Å². The average Bonchev–Trinajstić information content (AvgIpc) is 3.49. The third kappa shape index (κ3) is 4.60. The van der Waals surface area contributed by atoms with Gasteiger partial charge in [0.1, 0.15) is 0 Å². The zero-order valence-corrected chi connectivity index (χ0v) is 22.4. The summed E-state index contributed by atoms with van der Waals surface area (Å²) < 4.78 is 2.20. The number of hydrogen-bond donors (Lipinski definition) is 1. The molecule has 0 radical (unpaired) electrons. The number of hydrogen-bond acceptors (Lipinski definition) is 5. The van der Waals surface area contributed by atoms with Crippen molar-refractivity contribution >= 4 is 34.1 Å². The zero-order chi connectivity index (χ0) is 25.7. The Hall–Kier alpha value is -2.67. The van der Waals surface area contributed by atoms with Gasteiger partial charge in [0.15, 0.2) is 5.78 Å². The highest BCUT2D eigenvalue weighted by Crippen LogP contribution is 2.37. The Morgan fingerprint density at radius 1 is 1.08 bits per heavy atom. The molecule has 37 heavy (non-hydrogen) atoms. The Morgan fingerprint density at radius 3 is 2.49 bits per heavy atom.